The van der Waals surface area contributed by atoms with Gasteiger partial charge in [0.05, 0.1) is 0 Å². The lowest BCUT2D eigenvalue weighted by Gasteiger charge is -2.29. The van der Waals surface area contributed by atoms with E-state index in [1.165, 1.54) is 0 Å². The molecule has 0 saturated carbocycles. The summed E-state index contributed by atoms with van der Waals surface area (Å²) < 4.78 is 0. The minimum Gasteiger partial charge on any atom is -0.480 e. The highest BCUT2D eigenvalue weighted by molar-refractivity contribution is 5.80. The number of aliphatic carboxylic acids is 1. The Labute approximate surface area is 95.8 Å². The van der Waals surface area contributed by atoms with Gasteiger partial charge in [-0.25, -0.2) is 4.79 Å². The number of carboxylic acid groups (broad SMARTS) is 1. The molecule has 2 N–H and O–H groups in total. The lowest BCUT2D eigenvalue weighted by Crippen LogP contribution is -2.47. The normalized spacial score (nSPS) is 21.3. The van der Waals surface area contributed by atoms with Crippen molar-refractivity contribution in [1.82, 2.24) is 10.2 Å². The van der Waals surface area contributed by atoms with Gasteiger partial charge < -0.3 is 15.3 Å². The van der Waals surface area contributed by atoms with Crippen LogP contribution in [0.1, 0.15) is 39.0 Å². The number of amides is 2. The van der Waals surface area contributed by atoms with Crippen molar-refractivity contribution in [2.24, 2.45) is 0 Å². The molecule has 0 radical (unpaired) electrons. The fraction of sp³-hybridized carbons (Fsp3) is 0.818. The molecular weight excluding hydrogens is 208 g/mol. The summed E-state index contributed by atoms with van der Waals surface area (Å²) in [5.41, 5.74) is 0. The van der Waals surface area contributed by atoms with Crippen LogP contribution >= 0.6 is 0 Å². The standard InChI is InChI=1S/C11H20N2O3/c1-2-9-6-4-3-5-7-13(9)11(16)12-8-10(14)15/h9H,2-8H2,1H3,(H,12,16)(H,14,15). The van der Waals surface area contributed by atoms with Crippen LogP contribution in [0.3, 0.4) is 0 Å². The first-order valence-electron chi connectivity index (χ1n) is 5.91. The maximum absolute atomic E-state index is 11.8. The summed E-state index contributed by atoms with van der Waals surface area (Å²) in [4.78, 5) is 23.9. The third-order valence-corrected chi connectivity index (χ3v) is 3.00. The van der Waals surface area contributed by atoms with Crippen molar-refractivity contribution in [2.45, 2.75) is 45.1 Å². The zero-order chi connectivity index (χ0) is 12.0. The van der Waals surface area contributed by atoms with Crippen molar-refractivity contribution in [1.29, 1.82) is 0 Å². The minimum atomic E-state index is -1.00. The van der Waals surface area contributed by atoms with Crippen molar-refractivity contribution in [2.75, 3.05) is 13.1 Å². The second kappa shape index (κ2) is 6.35. The highest BCUT2D eigenvalue weighted by Crippen LogP contribution is 2.18. The smallest absolute Gasteiger partial charge is 0.323 e. The highest BCUT2D eigenvalue weighted by atomic mass is 16.4. The molecule has 1 unspecified atom stereocenters. The maximum atomic E-state index is 11.8. The van der Waals surface area contributed by atoms with Gasteiger partial charge in [0.2, 0.25) is 0 Å². The molecule has 0 aromatic rings. The van der Waals surface area contributed by atoms with E-state index < -0.39 is 5.97 Å². The Balaban J connectivity index is 2.52. The van der Waals surface area contributed by atoms with Gasteiger partial charge in [0.15, 0.2) is 0 Å². The second-order valence-electron chi connectivity index (χ2n) is 4.16. The summed E-state index contributed by atoms with van der Waals surface area (Å²) in [7, 11) is 0. The van der Waals surface area contributed by atoms with Gasteiger partial charge >= 0.3 is 12.0 Å². The van der Waals surface area contributed by atoms with Crippen LogP contribution in [0.2, 0.25) is 0 Å². The van der Waals surface area contributed by atoms with Gasteiger partial charge in [-0.1, -0.05) is 19.8 Å². The van der Waals surface area contributed by atoms with Gasteiger partial charge in [0, 0.05) is 12.6 Å². The molecular formula is C11H20N2O3. The fourth-order valence-corrected chi connectivity index (χ4v) is 2.12. The van der Waals surface area contributed by atoms with E-state index in [0.717, 1.165) is 38.6 Å². The Bertz CT molecular complexity index is 256. The SMILES string of the molecule is CCC1CCCCCN1C(=O)NCC(=O)O. The molecule has 16 heavy (non-hydrogen) atoms. The number of likely N-dealkylation sites (tertiary alicyclic amines) is 1. The van der Waals surface area contributed by atoms with E-state index in [1.54, 1.807) is 4.90 Å². The molecule has 1 atom stereocenters. The molecule has 1 aliphatic heterocycles. The van der Waals surface area contributed by atoms with E-state index in [0.29, 0.717) is 0 Å². The molecule has 0 aromatic heterocycles. The van der Waals surface area contributed by atoms with Gasteiger partial charge in [-0.15, -0.1) is 0 Å². The molecule has 2 amide bonds. The number of carboxylic acids is 1. The van der Waals surface area contributed by atoms with Crippen molar-refractivity contribution in [3.05, 3.63) is 0 Å². The number of nitrogens with one attached hydrogen (secondary N) is 1. The summed E-state index contributed by atoms with van der Waals surface area (Å²) in [6.07, 6.45) is 5.27. The van der Waals surface area contributed by atoms with Crippen LogP contribution in [-0.4, -0.2) is 41.1 Å². The molecule has 5 heteroatoms. The van der Waals surface area contributed by atoms with E-state index in [1.807, 2.05) is 0 Å². The number of carbonyl (C=O) groups is 2. The largest absolute Gasteiger partial charge is 0.480 e. The van der Waals surface area contributed by atoms with Crippen LogP contribution in [0.4, 0.5) is 4.79 Å². The molecule has 92 valence electrons. The molecule has 5 nitrogen and oxygen atoms in total. The van der Waals surface area contributed by atoms with Gasteiger partial charge in [-0.3, -0.25) is 4.79 Å². The Morgan fingerprint density at radius 3 is 2.75 bits per heavy atom. The quantitative estimate of drug-likeness (QED) is 0.767. The predicted molar refractivity (Wildman–Crippen MR) is 60.3 cm³/mol. The first kappa shape index (κ1) is 12.8. The summed E-state index contributed by atoms with van der Waals surface area (Å²) >= 11 is 0. The Morgan fingerprint density at radius 1 is 1.38 bits per heavy atom. The third kappa shape index (κ3) is 3.72. The molecule has 1 fully saturated rings. The maximum Gasteiger partial charge on any atom is 0.323 e. The summed E-state index contributed by atoms with van der Waals surface area (Å²) in [5, 5.41) is 10.9. The lowest BCUT2D eigenvalue weighted by molar-refractivity contribution is -0.135. The molecule has 1 heterocycles. The Morgan fingerprint density at radius 2 is 2.12 bits per heavy atom. The van der Waals surface area contributed by atoms with E-state index in [2.05, 4.69) is 12.2 Å². The molecule has 0 aliphatic carbocycles. The molecule has 0 spiro atoms. The van der Waals surface area contributed by atoms with E-state index in [4.69, 9.17) is 5.11 Å². The van der Waals surface area contributed by atoms with Gasteiger partial charge in [0.25, 0.3) is 0 Å². The number of carbonyl (C=O) groups excluding carboxylic acids is 1. The summed E-state index contributed by atoms with van der Waals surface area (Å²) in [5.74, 6) is -1.00. The Hall–Kier alpha value is -1.26. The number of hydrogen-bond donors (Lipinski definition) is 2. The predicted octanol–water partition coefficient (Wildman–Crippen LogP) is 1.44. The highest BCUT2D eigenvalue weighted by Gasteiger charge is 2.23. The van der Waals surface area contributed by atoms with Crippen LogP contribution in [0.25, 0.3) is 0 Å². The number of hydrogen-bond acceptors (Lipinski definition) is 2. The molecule has 0 bridgehead atoms. The average molecular weight is 228 g/mol. The third-order valence-electron chi connectivity index (χ3n) is 3.00. The molecule has 0 aromatic carbocycles. The van der Waals surface area contributed by atoms with Crippen molar-refractivity contribution >= 4 is 12.0 Å². The minimum absolute atomic E-state index is 0.240. The molecule has 1 aliphatic rings. The van der Waals surface area contributed by atoms with Crippen molar-refractivity contribution in [3.63, 3.8) is 0 Å². The van der Waals surface area contributed by atoms with Gasteiger partial charge in [-0.2, -0.15) is 0 Å². The first-order valence-corrected chi connectivity index (χ1v) is 5.91. The summed E-state index contributed by atoms with van der Waals surface area (Å²) in [6, 6.07) is 0.0208. The second-order valence-corrected chi connectivity index (χ2v) is 4.16. The van der Waals surface area contributed by atoms with Gasteiger partial charge in [0.1, 0.15) is 6.54 Å². The zero-order valence-electron chi connectivity index (χ0n) is 9.74. The van der Waals surface area contributed by atoms with E-state index >= 15 is 0 Å². The average Bonchev–Trinajstić information content (AvgIpc) is 2.50. The monoisotopic (exact) mass is 228 g/mol. The van der Waals surface area contributed by atoms with Crippen LogP contribution in [0, 0.1) is 0 Å². The number of urea groups is 1. The lowest BCUT2D eigenvalue weighted by atomic mass is 10.1. The fourth-order valence-electron chi connectivity index (χ4n) is 2.12. The zero-order valence-corrected chi connectivity index (χ0v) is 9.74. The van der Waals surface area contributed by atoms with Crippen LogP contribution in [0.15, 0.2) is 0 Å². The van der Waals surface area contributed by atoms with Crippen LogP contribution in [0.5, 0.6) is 0 Å². The van der Waals surface area contributed by atoms with E-state index in [9.17, 15) is 9.59 Å². The Kier molecular flexibility index (Phi) is 5.08. The number of rotatable bonds is 3. The van der Waals surface area contributed by atoms with Crippen molar-refractivity contribution in [3.8, 4) is 0 Å². The van der Waals surface area contributed by atoms with Crippen molar-refractivity contribution < 1.29 is 14.7 Å². The van der Waals surface area contributed by atoms with Crippen LogP contribution in [-0.2, 0) is 4.79 Å². The molecule has 1 saturated heterocycles. The molecule has 1 rings (SSSR count). The van der Waals surface area contributed by atoms with Crippen LogP contribution < -0.4 is 5.32 Å². The summed E-state index contributed by atoms with van der Waals surface area (Å²) in [6.45, 7) is 2.50. The van der Waals surface area contributed by atoms with Gasteiger partial charge in [-0.05, 0) is 19.3 Å². The number of nitrogens with zero attached hydrogens (tertiary/aromatic N) is 1. The topological polar surface area (TPSA) is 69.6 Å². The van der Waals surface area contributed by atoms with E-state index in [-0.39, 0.29) is 18.6 Å². The first-order chi connectivity index (χ1) is 7.65.